The van der Waals surface area contributed by atoms with Gasteiger partial charge in [0.1, 0.15) is 17.5 Å². The van der Waals surface area contributed by atoms with Gasteiger partial charge in [0.15, 0.2) is 5.69 Å². The first kappa shape index (κ1) is 10.5. The van der Waals surface area contributed by atoms with E-state index in [1.54, 1.807) is 6.07 Å². The Morgan fingerprint density at radius 1 is 1.60 bits per heavy atom. The van der Waals surface area contributed by atoms with E-state index >= 15 is 0 Å². The largest absolute Gasteiger partial charge is 0.476 e. The molecule has 0 amide bonds. The van der Waals surface area contributed by atoms with Crippen LogP contribution in [0.2, 0.25) is 0 Å². The molecule has 7 nitrogen and oxygen atoms in total. The number of carboxylic acid groups (broad SMARTS) is 1. The maximum absolute atomic E-state index is 10.7. The van der Waals surface area contributed by atoms with Crippen molar-refractivity contribution in [3.05, 3.63) is 11.3 Å². The van der Waals surface area contributed by atoms with Gasteiger partial charge in [0.2, 0.25) is 0 Å². The quantitative estimate of drug-likeness (QED) is 0.711. The first-order chi connectivity index (χ1) is 7.11. The number of aromatic nitrogens is 2. The lowest BCUT2D eigenvalue weighted by atomic mass is 10.2. The minimum absolute atomic E-state index is 0.0230. The average molecular weight is 205 g/mol. The van der Waals surface area contributed by atoms with E-state index in [1.165, 1.54) is 0 Å². The lowest BCUT2D eigenvalue weighted by Crippen LogP contribution is -2.05. The monoisotopic (exact) mass is 205 g/mol. The molecule has 1 aromatic heterocycles. The summed E-state index contributed by atoms with van der Waals surface area (Å²) in [5, 5.41) is 29.4. The van der Waals surface area contributed by atoms with Crippen LogP contribution in [0.1, 0.15) is 22.5 Å². The smallest absolute Gasteiger partial charge is 0.357 e. The van der Waals surface area contributed by atoms with Gasteiger partial charge in [-0.05, 0) is 0 Å². The zero-order valence-corrected chi connectivity index (χ0v) is 7.64. The SMILES string of the molecule is N#CCCn1nc(C(=O)O)c(C#N)c1N. The Bertz CT molecular complexity index is 476. The Morgan fingerprint density at radius 2 is 2.27 bits per heavy atom. The van der Waals surface area contributed by atoms with Gasteiger partial charge in [0.25, 0.3) is 0 Å². The van der Waals surface area contributed by atoms with Crippen LogP contribution in [-0.4, -0.2) is 20.9 Å². The molecule has 1 aromatic rings. The van der Waals surface area contributed by atoms with Gasteiger partial charge in [-0.25, -0.2) is 9.48 Å². The molecule has 0 aliphatic rings. The van der Waals surface area contributed by atoms with Gasteiger partial charge in [-0.3, -0.25) is 0 Å². The predicted molar refractivity (Wildman–Crippen MR) is 48.5 cm³/mol. The van der Waals surface area contributed by atoms with Gasteiger partial charge in [0, 0.05) is 0 Å². The number of carbonyl (C=O) groups is 1. The molecule has 0 atom stereocenters. The molecule has 0 fully saturated rings. The van der Waals surface area contributed by atoms with Crippen molar-refractivity contribution in [1.82, 2.24) is 9.78 Å². The number of nitrogens with zero attached hydrogens (tertiary/aromatic N) is 4. The summed E-state index contributed by atoms with van der Waals surface area (Å²) in [5.74, 6) is -1.33. The third-order valence-corrected chi connectivity index (χ3v) is 1.74. The summed E-state index contributed by atoms with van der Waals surface area (Å²) in [5.41, 5.74) is 4.95. The Hall–Kier alpha value is -2.54. The number of aryl methyl sites for hydroxylation is 1. The first-order valence-corrected chi connectivity index (χ1v) is 3.98. The molecular weight excluding hydrogens is 198 g/mol. The number of carboxylic acids is 1. The molecular formula is C8H7N5O2. The molecule has 76 valence electrons. The second-order valence-electron chi connectivity index (χ2n) is 2.66. The van der Waals surface area contributed by atoms with Crippen molar-refractivity contribution < 1.29 is 9.90 Å². The van der Waals surface area contributed by atoms with Crippen LogP contribution in [0.15, 0.2) is 0 Å². The van der Waals surface area contributed by atoms with Crippen molar-refractivity contribution in [2.24, 2.45) is 0 Å². The van der Waals surface area contributed by atoms with E-state index in [-0.39, 0.29) is 30.0 Å². The fourth-order valence-corrected chi connectivity index (χ4v) is 1.06. The van der Waals surface area contributed by atoms with E-state index in [0.29, 0.717) is 0 Å². The van der Waals surface area contributed by atoms with Gasteiger partial charge >= 0.3 is 5.97 Å². The van der Waals surface area contributed by atoms with E-state index in [2.05, 4.69) is 5.10 Å². The highest BCUT2D eigenvalue weighted by molar-refractivity contribution is 5.90. The van der Waals surface area contributed by atoms with Gasteiger partial charge in [-0.2, -0.15) is 15.6 Å². The van der Waals surface area contributed by atoms with E-state index in [1.807, 2.05) is 6.07 Å². The van der Waals surface area contributed by atoms with Crippen LogP contribution in [0.4, 0.5) is 5.82 Å². The van der Waals surface area contributed by atoms with Crippen molar-refractivity contribution in [3.63, 3.8) is 0 Å². The Morgan fingerprint density at radius 3 is 2.67 bits per heavy atom. The second-order valence-corrected chi connectivity index (χ2v) is 2.66. The number of rotatable bonds is 3. The van der Waals surface area contributed by atoms with E-state index in [9.17, 15) is 4.79 Å². The van der Waals surface area contributed by atoms with Crippen molar-refractivity contribution in [2.75, 3.05) is 5.73 Å². The third kappa shape index (κ3) is 1.86. The number of hydrogen-bond acceptors (Lipinski definition) is 5. The zero-order valence-electron chi connectivity index (χ0n) is 7.64. The number of aromatic carboxylic acids is 1. The number of hydrogen-bond donors (Lipinski definition) is 2. The van der Waals surface area contributed by atoms with Gasteiger partial charge in [-0.15, -0.1) is 0 Å². The lowest BCUT2D eigenvalue weighted by molar-refractivity contribution is 0.0689. The number of nitrogen functional groups attached to an aromatic ring is 1. The minimum Gasteiger partial charge on any atom is -0.476 e. The summed E-state index contributed by atoms with van der Waals surface area (Å²) >= 11 is 0. The minimum atomic E-state index is -1.31. The molecule has 0 radical (unpaired) electrons. The Kier molecular flexibility index (Phi) is 2.89. The molecule has 1 heterocycles. The Labute approximate surface area is 84.9 Å². The van der Waals surface area contributed by atoms with Crippen molar-refractivity contribution >= 4 is 11.8 Å². The summed E-state index contributed by atoms with van der Waals surface area (Å²) in [4.78, 5) is 10.7. The summed E-state index contributed by atoms with van der Waals surface area (Å²) in [6.07, 6.45) is 0.149. The molecule has 0 aliphatic carbocycles. The average Bonchev–Trinajstić information content (AvgIpc) is 2.52. The van der Waals surface area contributed by atoms with E-state index < -0.39 is 5.97 Å². The predicted octanol–water partition coefficient (Wildman–Crippen LogP) is -0.0511. The summed E-state index contributed by atoms with van der Waals surface area (Å²) < 4.78 is 1.14. The molecule has 0 spiro atoms. The molecule has 0 saturated heterocycles. The molecule has 7 heteroatoms. The van der Waals surface area contributed by atoms with Crippen molar-refractivity contribution in [1.29, 1.82) is 10.5 Å². The van der Waals surface area contributed by atoms with Crippen LogP contribution in [0.5, 0.6) is 0 Å². The maximum Gasteiger partial charge on any atom is 0.357 e. The fourth-order valence-electron chi connectivity index (χ4n) is 1.06. The summed E-state index contributed by atoms with van der Waals surface area (Å²) in [7, 11) is 0. The molecule has 15 heavy (non-hydrogen) atoms. The normalized spacial score (nSPS) is 9.20. The maximum atomic E-state index is 10.7. The van der Waals surface area contributed by atoms with Crippen molar-refractivity contribution in [2.45, 2.75) is 13.0 Å². The number of anilines is 1. The topological polar surface area (TPSA) is 129 Å². The summed E-state index contributed by atoms with van der Waals surface area (Å²) in [6.45, 7) is 0.171. The van der Waals surface area contributed by atoms with Crippen molar-refractivity contribution in [3.8, 4) is 12.1 Å². The highest BCUT2D eigenvalue weighted by Gasteiger charge is 2.20. The molecule has 0 saturated carbocycles. The van der Waals surface area contributed by atoms with Crippen LogP contribution in [0.25, 0.3) is 0 Å². The standard InChI is InChI=1S/C8H7N5O2/c9-2-1-3-13-7(11)5(4-10)6(12-13)8(14)15/h1,3,11H2,(H,14,15). The third-order valence-electron chi connectivity index (χ3n) is 1.74. The highest BCUT2D eigenvalue weighted by atomic mass is 16.4. The van der Waals surface area contributed by atoms with Crippen LogP contribution in [0, 0.1) is 22.7 Å². The fraction of sp³-hybridized carbons (Fsp3) is 0.250. The second kappa shape index (κ2) is 4.11. The molecule has 0 aliphatic heterocycles. The van der Waals surface area contributed by atoms with Crippen LogP contribution in [0.3, 0.4) is 0 Å². The lowest BCUT2D eigenvalue weighted by Gasteiger charge is -1.98. The first-order valence-electron chi connectivity index (χ1n) is 3.98. The highest BCUT2D eigenvalue weighted by Crippen LogP contribution is 2.15. The van der Waals surface area contributed by atoms with Gasteiger partial charge in [0.05, 0.1) is 19.0 Å². The van der Waals surface area contributed by atoms with Crippen LogP contribution in [-0.2, 0) is 6.54 Å². The summed E-state index contributed by atoms with van der Waals surface area (Å²) in [6, 6.07) is 3.54. The number of nitriles is 2. The van der Waals surface area contributed by atoms with Crippen LogP contribution >= 0.6 is 0 Å². The van der Waals surface area contributed by atoms with E-state index in [4.69, 9.17) is 21.4 Å². The van der Waals surface area contributed by atoms with E-state index in [0.717, 1.165) is 4.68 Å². The van der Waals surface area contributed by atoms with Gasteiger partial charge < -0.3 is 10.8 Å². The molecule has 0 unspecified atom stereocenters. The Balaban J connectivity index is 3.18. The molecule has 1 rings (SSSR count). The van der Waals surface area contributed by atoms with Crippen LogP contribution < -0.4 is 5.73 Å². The van der Waals surface area contributed by atoms with Gasteiger partial charge in [-0.1, -0.05) is 0 Å². The molecule has 0 bridgehead atoms. The molecule has 0 aromatic carbocycles. The zero-order chi connectivity index (χ0) is 11.4. The molecule has 3 N–H and O–H groups in total. The number of nitrogens with two attached hydrogens (primary N) is 1.